The summed E-state index contributed by atoms with van der Waals surface area (Å²) in [6.45, 7) is 9.10. The standard InChI is InChI=1S/C21H29BF3N3O3/c1-6-7-16(18(29)27-13-12-26)28-17(21(23,24)25)14-8-10-15(11-9-14)22-30-19(2,3)20(4,5)31-22/h8-11,16-17,28H,6-7,13H2,1-5H3,(H,27,29)/t16-,17?/m0/s1. The third-order valence-corrected chi connectivity index (χ3v) is 5.73. The van der Waals surface area contributed by atoms with Crippen molar-refractivity contribution in [2.24, 2.45) is 0 Å². The molecule has 1 heterocycles. The van der Waals surface area contributed by atoms with E-state index in [1.54, 1.807) is 25.1 Å². The van der Waals surface area contributed by atoms with Crippen LogP contribution in [0, 0.1) is 11.3 Å². The highest BCUT2D eigenvalue weighted by molar-refractivity contribution is 6.62. The van der Waals surface area contributed by atoms with Gasteiger partial charge in [0, 0.05) is 0 Å². The second-order valence-corrected chi connectivity index (χ2v) is 8.61. The molecular weight excluding hydrogens is 410 g/mol. The van der Waals surface area contributed by atoms with E-state index in [2.05, 4.69) is 10.6 Å². The van der Waals surface area contributed by atoms with E-state index in [0.29, 0.717) is 11.9 Å². The fourth-order valence-corrected chi connectivity index (χ4v) is 3.23. The molecule has 2 rings (SSSR count). The van der Waals surface area contributed by atoms with E-state index in [0.717, 1.165) is 0 Å². The fourth-order valence-electron chi connectivity index (χ4n) is 3.23. The number of nitrogens with zero attached hydrogens (tertiary/aromatic N) is 1. The summed E-state index contributed by atoms with van der Waals surface area (Å²) in [4.78, 5) is 12.2. The molecule has 1 aromatic rings. The second kappa shape index (κ2) is 9.59. The highest BCUT2D eigenvalue weighted by atomic mass is 19.4. The predicted octanol–water partition coefficient (Wildman–Crippen LogP) is 2.99. The Bertz CT molecular complexity index is 791. The Morgan fingerprint density at radius 3 is 2.16 bits per heavy atom. The first-order valence-electron chi connectivity index (χ1n) is 10.3. The van der Waals surface area contributed by atoms with Gasteiger partial charge in [-0.2, -0.15) is 18.4 Å². The van der Waals surface area contributed by atoms with Crippen molar-refractivity contribution in [3.8, 4) is 6.07 Å². The lowest BCUT2D eigenvalue weighted by Crippen LogP contribution is -2.49. The Labute approximate surface area is 181 Å². The van der Waals surface area contributed by atoms with E-state index < -0.39 is 42.5 Å². The summed E-state index contributed by atoms with van der Waals surface area (Å²) in [5.41, 5.74) is -0.533. The Balaban J connectivity index is 2.23. The number of carbonyl (C=O) groups is 1. The smallest absolute Gasteiger partial charge is 0.399 e. The summed E-state index contributed by atoms with van der Waals surface area (Å²) in [5.74, 6) is -0.633. The first kappa shape index (κ1) is 25.2. The molecule has 1 fully saturated rings. The first-order chi connectivity index (χ1) is 14.3. The Kier molecular flexibility index (Phi) is 7.79. The number of hydrogen-bond acceptors (Lipinski definition) is 5. The Hall–Kier alpha value is -2.09. The number of carbonyl (C=O) groups excluding carboxylic acids is 1. The number of halogens is 3. The average molecular weight is 439 g/mol. The topological polar surface area (TPSA) is 83.4 Å². The van der Waals surface area contributed by atoms with E-state index in [9.17, 15) is 18.0 Å². The summed E-state index contributed by atoms with van der Waals surface area (Å²) < 4.78 is 53.4. The van der Waals surface area contributed by atoms with Crippen molar-refractivity contribution in [2.75, 3.05) is 6.54 Å². The number of alkyl halides is 3. The van der Waals surface area contributed by atoms with Crippen LogP contribution in [0.5, 0.6) is 0 Å². The Morgan fingerprint density at radius 2 is 1.71 bits per heavy atom. The van der Waals surface area contributed by atoms with Gasteiger partial charge in [0.2, 0.25) is 5.91 Å². The van der Waals surface area contributed by atoms with Gasteiger partial charge in [0.25, 0.3) is 0 Å². The van der Waals surface area contributed by atoms with Crippen molar-refractivity contribution in [1.29, 1.82) is 5.26 Å². The molecule has 0 aromatic heterocycles. The van der Waals surface area contributed by atoms with E-state index in [1.807, 2.05) is 27.7 Å². The van der Waals surface area contributed by atoms with Crippen LogP contribution < -0.4 is 16.1 Å². The van der Waals surface area contributed by atoms with Gasteiger partial charge in [0.1, 0.15) is 12.6 Å². The van der Waals surface area contributed by atoms with Crippen LogP contribution in [0.15, 0.2) is 24.3 Å². The number of rotatable bonds is 8. The lowest BCUT2D eigenvalue weighted by atomic mass is 9.78. The Morgan fingerprint density at radius 1 is 1.16 bits per heavy atom. The van der Waals surface area contributed by atoms with Crippen LogP contribution in [0.3, 0.4) is 0 Å². The quantitative estimate of drug-likeness (QED) is 0.481. The van der Waals surface area contributed by atoms with Crippen molar-refractivity contribution in [3.63, 3.8) is 0 Å². The molecule has 0 aliphatic carbocycles. The zero-order chi connectivity index (χ0) is 23.4. The van der Waals surface area contributed by atoms with Crippen molar-refractivity contribution < 1.29 is 27.3 Å². The monoisotopic (exact) mass is 439 g/mol. The molecule has 2 atom stereocenters. The number of hydrogen-bond donors (Lipinski definition) is 2. The minimum absolute atomic E-state index is 0.0260. The van der Waals surface area contributed by atoms with Crippen LogP contribution in [0.2, 0.25) is 0 Å². The van der Waals surface area contributed by atoms with Crippen LogP contribution in [0.4, 0.5) is 13.2 Å². The van der Waals surface area contributed by atoms with Crippen LogP contribution >= 0.6 is 0 Å². The highest BCUT2D eigenvalue weighted by Gasteiger charge is 2.51. The van der Waals surface area contributed by atoms with E-state index in [1.165, 1.54) is 12.1 Å². The predicted molar refractivity (Wildman–Crippen MR) is 111 cm³/mol. The molecule has 0 radical (unpaired) electrons. The molecule has 31 heavy (non-hydrogen) atoms. The molecule has 0 bridgehead atoms. The van der Waals surface area contributed by atoms with Crippen molar-refractivity contribution in [3.05, 3.63) is 29.8 Å². The first-order valence-corrected chi connectivity index (χ1v) is 10.3. The van der Waals surface area contributed by atoms with Crippen LogP contribution in [0.25, 0.3) is 0 Å². The zero-order valence-electron chi connectivity index (χ0n) is 18.5. The summed E-state index contributed by atoms with van der Waals surface area (Å²) in [6, 6.07) is 4.45. The van der Waals surface area contributed by atoms with Gasteiger partial charge in [-0.15, -0.1) is 0 Å². The van der Waals surface area contributed by atoms with Gasteiger partial charge in [-0.05, 0) is 45.1 Å². The van der Waals surface area contributed by atoms with E-state index >= 15 is 0 Å². The number of nitrogens with one attached hydrogen (secondary N) is 2. The van der Waals surface area contributed by atoms with Gasteiger partial charge in [-0.25, -0.2) is 0 Å². The lowest BCUT2D eigenvalue weighted by Gasteiger charge is -2.32. The molecule has 1 aromatic carbocycles. The van der Waals surface area contributed by atoms with Crippen molar-refractivity contribution in [1.82, 2.24) is 10.6 Å². The van der Waals surface area contributed by atoms with E-state index in [4.69, 9.17) is 14.6 Å². The zero-order valence-corrected chi connectivity index (χ0v) is 18.5. The molecule has 170 valence electrons. The van der Waals surface area contributed by atoms with Gasteiger partial charge in [0.15, 0.2) is 0 Å². The molecule has 2 N–H and O–H groups in total. The summed E-state index contributed by atoms with van der Waals surface area (Å²) in [5, 5.41) is 13.4. The van der Waals surface area contributed by atoms with Gasteiger partial charge < -0.3 is 14.6 Å². The summed E-state index contributed by atoms with van der Waals surface area (Å²) in [7, 11) is -0.680. The number of benzene rings is 1. The molecule has 1 aliphatic rings. The normalized spacial score (nSPS) is 19.5. The maximum atomic E-state index is 13.8. The maximum Gasteiger partial charge on any atom is 0.494 e. The average Bonchev–Trinajstić information content (AvgIpc) is 2.89. The lowest BCUT2D eigenvalue weighted by molar-refractivity contribution is -0.161. The van der Waals surface area contributed by atoms with Crippen molar-refractivity contribution in [2.45, 2.75) is 76.9 Å². The third kappa shape index (κ3) is 6.00. The second-order valence-electron chi connectivity index (χ2n) is 8.61. The molecule has 1 aliphatic heterocycles. The highest BCUT2D eigenvalue weighted by Crippen LogP contribution is 2.37. The molecule has 6 nitrogen and oxygen atoms in total. The largest absolute Gasteiger partial charge is 0.494 e. The molecule has 1 unspecified atom stereocenters. The van der Waals surface area contributed by atoms with Gasteiger partial charge >= 0.3 is 13.3 Å². The molecule has 0 spiro atoms. The maximum absolute atomic E-state index is 13.8. The fraction of sp³-hybridized carbons (Fsp3) is 0.619. The summed E-state index contributed by atoms with van der Waals surface area (Å²) in [6.07, 6.45) is -3.91. The minimum Gasteiger partial charge on any atom is -0.399 e. The van der Waals surface area contributed by atoms with Gasteiger partial charge in [-0.1, -0.05) is 37.6 Å². The van der Waals surface area contributed by atoms with Crippen LogP contribution in [-0.2, 0) is 14.1 Å². The molecule has 10 heteroatoms. The molecule has 1 saturated heterocycles. The number of nitriles is 1. The van der Waals surface area contributed by atoms with Crippen LogP contribution in [0.1, 0.15) is 59.1 Å². The molecule has 0 saturated carbocycles. The SMILES string of the molecule is CCC[C@H](NC(c1ccc(B2OC(C)(C)C(C)(C)O2)cc1)C(F)(F)F)C(=O)NCC#N. The minimum atomic E-state index is -4.62. The van der Waals surface area contributed by atoms with Crippen LogP contribution in [-0.4, -0.2) is 43.0 Å². The van der Waals surface area contributed by atoms with E-state index in [-0.39, 0.29) is 18.5 Å². The molecule has 1 amide bonds. The van der Waals surface area contributed by atoms with Gasteiger partial charge in [-0.3, -0.25) is 10.1 Å². The summed E-state index contributed by atoms with van der Waals surface area (Å²) >= 11 is 0. The van der Waals surface area contributed by atoms with Gasteiger partial charge in [0.05, 0.1) is 23.3 Å². The third-order valence-electron chi connectivity index (χ3n) is 5.73. The number of amides is 1. The van der Waals surface area contributed by atoms with Crippen molar-refractivity contribution >= 4 is 18.5 Å². The molecular formula is C21H29BF3N3O3.